The van der Waals surface area contributed by atoms with Gasteiger partial charge in [-0.3, -0.25) is 4.98 Å². The maximum absolute atomic E-state index is 4.04. The predicted molar refractivity (Wildman–Crippen MR) is 57.1 cm³/mol. The van der Waals surface area contributed by atoms with Crippen molar-refractivity contribution in [3.8, 4) is 0 Å². The second-order valence-corrected chi connectivity index (χ2v) is 3.75. The number of nitrogens with zero attached hydrogens (tertiary/aromatic N) is 1. The molecule has 0 bridgehead atoms. The largest absolute Gasteiger partial charge is 0.312 e. The van der Waals surface area contributed by atoms with Gasteiger partial charge in [0, 0.05) is 24.5 Å². The monoisotopic (exact) mass is 191 g/mol. The van der Waals surface area contributed by atoms with Crippen molar-refractivity contribution in [2.75, 3.05) is 13.6 Å². The SMILES string of the molecule is CNC(c1ccncc1)C1CCCN1. The van der Waals surface area contributed by atoms with Crippen LogP contribution in [-0.2, 0) is 0 Å². The van der Waals surface area contributed by atoms with Gasteiger partial charge in [-0.15, -0.1) is 0 Å². The molecule has 2 rings (SSSR count). The van der Waals surface area contributed by atoms with Crippen molar-refractivity contribution in [1.82, 2.24) is 15.6 Å². The molecule has 0 spiro atoms. The summed E-state index contributed by atoms with van der Waals surface area (Å²) in [6, 6.07) is 5.16. The van der Waals surface area contributed by atoms with E-state index in [1.807, 2.05) is 19.4 Å². The zero-order valence-electron chi connectivity index (χ0n) is 8.53. The van der Waals surface area contributed by atoms with E-state index in [1.54, 1.807) is 0 Å². The van der Waals surface area contributed by atoms with Gasteiger partial charge in [-0.1, -0.05) is 0 Å². The summed E-state index contributed by atoms with van der Waals surface area (Å²) >= 11 is 0. The number of nitrogens with one attached hydrogen (secondary N) is 2. The second-order valence-electron chi connectivity index (χ2n) is 3.75. The summed E-state index contributed by atoms with van der Waals surface area (Å²) < 4.78 is 0. The lowest BCUT2D eigenvalue weighted by molar-refractivity contribution is 0.440. The van der Waals surface area contributed by atoms with Crippen molar-refractivity contribution in [2.24, 2.45) is 0 Å². The predicted octanol–water partition coefficient (Wildman–Crippen LogP) is 1.09. The van der Waals surface area contributed by atoms with Gasteiger partial charge >= 0.3 is 0 Å². The van der Waals surface area contributed by atoms with E-state index in [2.05, 4.69) is 27.8 Å². The third-order valence-electron chi connectivity index (χ3n) is 2.88. The Morgan fingerprint density at radius 1 is 1.50 bits per heavy atom. The Bertz CT molecular complexity index is 267. The second kappa shape index (κ2) is 4.53. The van der Waals surface area contributed by atoms with Crippen LogP contribution in [0.25, 0.3) is 0 Å². The molecule has 1 saturated heterocycles. The maximum atomic E-state index is 4.04. The Kier molecular flexibility index (Phi) is 3.11. The van der Waals surface area contributed by atoms with Crippen molar-refractivity contribution in [1.29, 1.82) is 0 Å². The Morgan fingerprint density at radius 2 is 2.29 bits per heavy atom. The fraction of sp³-hybridized carbons (Fsp3) is 0.545. The highest BCUT2D eigenvalue weighted by Gasteiger charge is 2.24. The molecule has 2 N–H and O–H groups in total. The summed E-state index contributed by atoms with van der Waals surface area (Å²) in [4.78, 5) is 4.04. The van der Waals surface area contributed by atoms with Gasteiger partial charge < -0.3 is 10.6 Å². The first-order chi connectivity index (χ1) is 6.92. The molecule has 3 heteroatoms. The molecular weight excluding hydrogens is 174 g/mol. The Hall–Kier alpha value is -0.930. The van der Waals surface area contributed by atoms with Crippen LogP contribution in [0.15, 0.2) is 24.5 Å². The average Bonchev–Trinajstić information content (AvgIpc) is 2.74. The zero-order chi connectivity index (χ0) is 9.80. The van der Waals surface area contributed by atoms with Crippen LogP contribution in [0.5, 0.6) is 0 Å². The standard InChI is InChI=1S/C11H17N3/c1-12-11(10-3-2-6-14-10)9-4-7-13-8-5-9/h4-5,7-8,10-12,14H,2-3,6H2,1H3. The number of rotatable bonds is 3. The highest BCUT2D eigenvalue weighted by Crippen LogP contribution is 2.21. The lowest BCUT2D eigenvalue weighted by atomic mass is 9.99. The molecule has 2 heterocycles. The first kappa shape index (κ1) is 9.62. The number of pyridine rings is 1. The number of likely N-dealkylation sites (N-methyl/N-ethyl adjacent to an activating group) is 1. The van der Waals surface area contributed by atoms with Crippen LogP contribution < -0.4 is 10.6 Å². The number of hydrogen-bond donors (Lipinski definition) is 2. The summed E-state index contributed by atoms with van der Waals surface area (Å²) in [6.45, 7) is 1.15. The topological polar surface area (TPSA) is 37.0 Å². The van der Waals surface area contributed by atoms with Crippen LogP contribution in [-0.4, -0.2) is 24.6 Å². The van der Waals surface area contributed by atoms with E-state index in [-0.39, 0.29) is 0 Å². The van der Waals surface area contributed by atoms with Crippen LogP contribution in [0.4, 0.5) is 0 Å². The fourth-order valence-corrected chi connectivity index (χ4v) is 2.17. The Balaban J connectivity index is 2.12. The Labute approximate surface area is 84.9 Å². The third-order valence-corrected chi connectivity index (χ3v) is 2.88. The molecule has 0 aliphatic carbocycles. The summed E-state index contributed by atoms with van der Waals surface area (Å²) in [5.41, 5.74) is 1.32. The molecule has 1 fully saturated rings. The Morgan fingerprint density at radius 3 is 2.86 bits per heavy atom. The van der Waals surface area contributed by atoms with Gasteiger partial charge in [0.1, 0.15) is 0 Å². The van der Waals surface area contributed by atoms with E-state index in [4.69, 9.17) is 0 Å². The first-order valence-electron chi connectivity index (χ1n) is 5.22. The van der Waals surface area contributed by atoms with E-state index >= 15 is 0 Å². The molecule has 3 nitrogen and oxygen atoms in total. The minimum atomic E-state index is 0.417. The minimum Gasteiger partial charge on any atom is -0.312 e. The summed E-state index contributed by atoms with van der Waals surface area (Å²) in [5.74, 6) is 0. The van der Waals surface area contributed by atoms with Crippen molar-refractivity contribution in [2.45, 2.75) is 24.9 Å². The van der Waals surface area contributed by atoms with Gasteiger partial charge in [0.2, 0.25) is 0 Å². The number of hydrogen-bond acceptors (Lipinski definition) is 3. The molecule has 0 radical (unpaired) electrons. The van der Waals surface area contributed by atoms with E-state index in [9.17, 15) is 0 Å². The van der Waals surface area contributed by atoms with Gasteiger partial charge in [0.25, 0.3) is 0 Å². The van der Waals surface area contributed by atoms with E-state index < -0.39 is 0 Å². The van der Waals surface area contributed by atoms with E-state index in [1.165, 1.54) is 18.4 Å². The molecule has 2 atom stereocenters. The lowest BCUT2D eigenvalue weighted by Gasteiger charge is -2.23. The van der Waals surface area contributed by atoms with Crippen LogP contribution in [0.2, 0.25) is 0 Å². The molecule has 0 aromatic carbocycles. The first-order valence-corrected chi connectivity index (χ1v) is 5.22. The van der Waals surface area contributed by atoms with E-state index in [0.29, 0.717) is 12.1 Å². The summed E-state index contributed by atoms with van der Waals surface area (Å²) in [5, 5.41) is 6.89. The highest BCUT2D eigenvalue weighted by atomic mass is 15.0. The molecule has 1 aromatic heterocycles. The summed E-state index contributed by atoms with van der Waals surface area (Å²) in [6.07, 6.45) is 6.25. The molecule has 14 heavy (non-hydrogen) atoms. The number of aromatic nitrogens is 1. The van der Waals surface area contributed by atoms with Gasteiger partial charge in [-0.25, -0.2) is 0 Å². The normalized spacial score (nSPS) is 23.6. The van der Waals surface area contributed by atoms with Crippen LogP contribution in [0.1, 0.15) is 24.4 Å². The van der Waals surface area contributed by atoms with Crippen LogP contribution in [0, 0.1) is 0 Å². The van der Waals surface area contributed by atoms with E-state index in [0.717, 1.165) is 6.54 Å². The molecule has 1 aromatic rings. The molecule has 1 aliphatic heterocycles. The van der Waals surface area contributed by atoms with Gasteiger partial charge in [0.15, 0.2) is 0 Å². The molecular formula is C11H17N3. The maximum Gasteiger partial charge on any atom is 0.0474 e. The summed E-state index contributed by atoms with van der Waals surface area (Å²) in [7, 11) is 2.02. The molecule has 76 valence electrons. The van der Waals surface area contributed by atoms with Gasteiger partial charge in [-0.2, -0.15) is 0 Å². The van der Waals surface area contributed by atoms with Crippen molar-refractivity contribution in [3.05, 3.63) is 30.1 Å². The minimum absolute atomic E-state index is 0.417. The lowest BCUT2D eigenvalue weighted by Crippen LogP contribution is -2.36. The van der Waals surface area contributed by atoms with Crippen LogP contribution >= 0.6 is 0 Å². The average molecular weight is 191 g/mol. The van der Waals surface area contributed by atoms with Crippen molar-refractivity contribution < 1.29 is 0 Å². The van der Waals surface area contributed by atoms with Crippen molar-refractivity contribution in [3.63, 3.8) is 0 Å². The molecule has 2 unspecified atom stereocenters. The molecule has 0 saturated carbocycles. The zero-order valence-corrected chi connectivity index (χ0v) is 8.53. The highest BCUT2D eigenvalue weighted by molar-refractivity contribution is 5.17. The molecule has 1 aliphatic rings. The van der Waals surface area contributed by atoms with Crippen molar-refractivity contribution >= 4 is 0 Å². The quantitative estimate of drug-likeness (QED) is 0.751. The fourth-order valence-electron chi connectivity index (χ4n) is 2.17. The third kappa shape index (κ3) is 1.94. The smallest absolute Gasteiger partial charge is 0.0474 e. The molecule has 0 amide bonds. The van der Waals surface area contributed by atoms with Crippen LogP contribution in [0.3, 0.4) is 0 Å². The van der Waals surface area contributed by atoms with Gasteiger partial charge in [-0.05, 0) is 44.1 Å². The van der Waals surface area contributed by atoms with Gasteiger partial charge in [0.05, 0.1) is 0 Å².